The van der Waals surface area contributed by atoms with E-state index in [0.29, 0.717) is 25.3 Å². The summed E-state index contributed by atoms with van der Waals surface area (Å²) in [5.74, 6) is -0.405. The molecule has 4 nitrogen and oxygen atoms in total. The van der Waals surface area contributed by atoms with Gasteiger partial charge in [0.15, 0.2) is 0 Å². The van der Waals surface area contributed by atoms with Crippen molar-refractivity contribution in [2.24, 2.45) is 5.92 Å². The summed E-state index contributed by atoms with van der Waals surface area (Å²) in [7, 11) is 0. The highest BCUT2D eigenvalue weighted by molar-refractivity contribution is 9.09. The molecule has 1 aliphatic carbocycles. The molecule has 0 aromatic heterocycles. The van der Waals surface area contributed by atoms with Crippen molar-refractivity contribution in [3.8, 4) is 0 Å². The number of rotatable bonds is 4. The van der Waals surface area contributed by atoms with Crippen molar-refractivity contribution in [1.29, 1.82) is 0 Å². The van der Waals surface area contributed by atoms with E-state index in [1.54, 1.807) is 4.90 Å². The van der Waals surface area contributed by atoms with Crippen LogP contribution in [0, 0.1) is 5.92 Å². The van der Waals surface area contributed by atoms with Crippen molar-refractivity contribution in [3.05, 3.63) is 0 Å². The molecule has 1 saturated heterocycles. The number of carboxylic acid groups (broad SMARTS) is 1. The normalized spacial score (nSPS) is 27.5. The largest absolute Gasteiger partial charge is 0.480 e. The maximum absolute atomic E-state index is 11.8. The molecular formula is C13H20BrNO3. The van der Waals surface area contributed by atoms with Gasteiger partial charge in [-0.25, -0.2) is 4.79 Å². The number of hydrogen-bond donors (Lipinski definition) is 1. The second-order valence-corrected chi connectivity index (χ2v) is 6.74. The van der Waals surface area contributed by atoms with Crippen molar-refractivity contribution >= 4 is 27.8 Å². The average Bonchev–Trinajstić information content (AvgIpc) is 2.66. The molecule has 2 rings (SSSR count). The number of hydrogen-bond acceptors (Lipinski definition) is 2. The van der Waals surface area contributed by atoms with Gasteiger partial charge in [0.1, 0.15) is 6.04 Å². The number of carbonyl (C=O) groups excluding carboxylic acids is 1. The molecule has 2 atom stereocenters. The van der Waals surface area contributed by atoms with Crippen molar-refractivity contribution < 1.29 is 14.7 Å². The molecular weight excluding hydrogens is 298 g/mol. The third-order valence-electron chi connectivity index (χ3n) is 4.05. The van der Waals surface area contributed by atoms with E-state index in [1.807, 2.05) is 0 Å². The smallest absolute Gasteiger partial charge is 0.326 e. The molecule has 0 aromatic carbocycles. The number of nitrogens with zero attached hydrogens (tertiary/aromatic N) is 1. The number of carbonyl (C=O) groups is 2. The molecule has 0 aromatic rings. The Morgan fingerprint density at radius 3 is 2.56 bits per heavy atom. The van der Waals surface area contributed by atoms with Crippen LogP contribution in [-0.2, 0) is 9.59 Å². The van der Waals surface area contributed by atoms with Gasteiger partial charge in [-0.05, 0) is 12.3 Å². The zero-order valence-electron chi connectivity index (χ0n) is 10.5. The van der Waals surface area contributed by atoms with E-state index >= 15 is 0 Å². The minimum Gasteiger partial charge on any atom is -0.480 e. The topological polar surface area (TPSA) is 57.6 Å². The van der Waals surface area contributed by atoms with Gasteiger partial charge in [0, 0.05) is 17.8 Å². The van der Waals surface area contributed by atoms with E-state index in [9.17, 15) is 14.7 Å². The lowest BCUT2D eigenvalue weighted by Crippen LogP contribution is -2.43. The van der Waals surface area contributed by atoms with Crippen LogP contribution < -0.4 is 0 Å². The van der Waals surface area contributed by atoms with Gasteiger partial charge >= 0.3 is 5.97 Å². The minimum atomic E-state index is -0.851. The lowest BCUT2D eigenvalue weighted by Gasteiger charge is -2.30. The fourth-order valence-corrected chi connectivity index (χ4v) is 3.68. The van der Waals surface area contributed by atoms with Gasteiger partial charge in [-0.3, -0.25) is 4.79 Å². The average molecular weight is 318 g/mol. The van der Waals surface area contributed by atoms with E-state index in [-0.39, 0.29) is 10.7 Å². The first-order chi connectivity index (χ1) is 8.58. The van der Waals surface area contributed by atoms with Gasteiger partial charge in [0.05, 0.1) is 0 Å². The van der Waals surface area contributed by atoms with Crippen LogP contribution in [0.2, 0.25) is 0 Å². The lowest BCUT2D eigenvalue weighted by molar-refractivity contribution is -0.149. The second kappa shape index (κ2) is 6.04. The van der Waals surface area contributed by atoms with Crippen molar-refractivity contribution in [1.82, 2.24) is 4.90 Å². The fraction of sp³-hybridized carbons (Fsp3) is 0.846. The van der Waals surface area contributed by atoms with Crippen LogP contribution in [0.15, 0.2) is 0 Å². The highest BCUT2D eigenvalue weighted by Gasteiger charge is 2.37. The number of halogens is 1. The van der Waals surface area contributed by atoms with Crippen LogP contribution in [0.4, 0.5) is 0 Å². The number of amides is 1. The van der Waals surface area contributed by atoms with Gasteiger partial charge in [0.25, 0.3) is 0 Å². The molecule has 1 unspecified atom stereocenters. The number of likely N-dealkylation sites (tertiary alicyclic amines) is 1. The third-order valence-corrected chi connectivity index (χ3v) is 4.67. The van der Waals surface area contributed by atoms with Crippen molar-refractivity contribution in [2.75, 3.05) is 6.54 Å². The highest BCUT2D eigenvalue weighted by Crippen LogP contribution is 2.30. The van der Waals surface area contributed by atoms with Crippen LogP contribution in [0.25, 0.3) is 0 Å². The molecule has 0 spiro atoms. The summed E-state index contributed by atoms with van der Waals surface area (Å²) in [6, 6.07) is -0.622. The molecule has 1 heterocycles. The molecule has 1 aliphatic heterocycles. The molecule has 102 valence electrons. The van der Waals surface area contributed by atoms with Crippen molar-refractivity contribution in [2.45, 2.75) is 55.8 Å². The maximum Gasteiger partial charge on any atom is 0.326 e. The van der Waals surface area contributed by atoms with E-state index in [4.69, 9.17) is 0 Å². The Balaban J connectivity index is 1.99. The standard InChI is InChI=1S/C13H20BrNO3/c14-10-7-12(16)15(8-10)11(13(17)18)6-9-4-2-1-3-5-9/h9-11H,1-8H2,(H,17,18)/t10?,11-/m0/s1. The number of aliphatic carboxylic acids is 1. The highest BCUT2D eigenvalue weighted by atomic mass is 79.9. The monoisotopic (exact) mass is 317 g/mol. The first-order valence-corrected chi connectivity index (χ1v) is 7.66. The van der Waals surface area contributed by atoms with E-state index in [0.717, 1.165) is 12.8 Å². The molecule has 1 amide bonds. The Morgan fingerprint density at radius 1 is 1.39 bits per heavy atom. The third kappa shape index (κ3) is 3.25. The SMILES string of the molecule is O=C(O)[C@H](CC1CCCCC1)N1CC(Br)CC1=O. The summed E-state index contributed by atoms with van der Waals surface area (Å²) in [4.78, 5) is 24.9. The molecule has 0 radical (unpaired) electrons. The molecule has 5 heteroatoms. The first kappa shape index (κ1) is 13.8. The molecule has 18 heavy (non-hydrogen) atoms. The predicted molar refractivity (Wildman–Crippen MR) is 71.7 cm³/mol. The number of alkyl halides is 1. The molecule has 0 bridgehead atoms. The Morgan fingerprint density at radius 2 is 2.06 bits per heavy atom. The van der Waals surface area contributed by atoms with Gasteiger partial charge in [-0.1, -0.05) is 48.0 Å². The van der Waals surface area contributed by atoms with Crippen LogP contribution in [0.5, 0.6) is 0 Å². The second-order valence-electron chi connectivity index (χ2n) is 5.44. The zero-order valence-corrected chi connectivity index (χ0v) is 12.1. The molecule has 2 fully saturated rings. The van der Waals surface area contributed by atoms with Gasteiger partial charge in [-0.15, -0.1) is 0 Å². The fourth-order valence-electron chi connectivity index (χ4n) is 3.09. The Kier molecular flexibility index (Phi) is 4.65. The zero-order chi connectivity index (χ0) is 13.1. The quantitative estimate of drug-likeness (QED) is 0.810. The molecule has 1 N–H and O–H groups in total. The minimum absolute atomic E-state index is 0.0277. The van der Waals surface area contributed by atoms with Crippen LogP contribution in [-0.4, -0.2) is 39.3 Å². The lowest BCUT2D eigenvalue weighted by atomic mass is 9.84. The summed E-state index contributed by atoms with van der Waals surface area (Å²) < 4.78 is 0. The van der Waals surface area contributed by atoms with Crippen LogP contribution in [0.3, 0.4) is 0 Å². The Bertz CT molecular complexity index is 328. The first-order valence-electron chi connectivity index (χ1n) is 6.74. The Hall–Kier alpha value is -0.580. The maximum atomic E-state index is 11.8. The molecule has 2 aliphatic rings. The Labute approximate surface area is 116 Å². The summed E-state index contributed by atoms with van der Waals surface area (Å²) in [6.07, 6.45) is 6.95. The van der Waals surface area contributed by atoms with E-state index in [2.05, 4.69) is 15.9 Å². The number of carboxylic acids is 1. The summed E-state index contributed by atoms with van der Waals surface area (Å²) in [5.41, 5.74) is 0. The van der Waals surface area contributed by atoms with E-state index < -0.39 is 12.0 Å². The summed E-state index contributed by atoms with van der Waals surface area (Å²) in [5, 5.41) is 9.36. The van der Waals surface area contributed by atoms with Gasteiger partial charge in [0.2, 0.25) is 5.91 Å². The van der Waals surface area contributed by atoms with Gasteiger partial charge in [-0.2, -0.15) is 0 Å². The summed E-state index contributed by atoms with van der Waals surface area (Å²) >= 11 is 3.41. The summed E-state index contributed by atoms with van der Waals surface area (Å²) in [6.45, 7) is 0.530. The van der Waals surface area contributed by atoms with E-state index in [1.165, 1.54) is 19.3 Å². The van der Waals surface area contributed by atoms with Gasteiger partial charge < -0.3 is 10.0 Å². The molecule has 1 saturated carbocycles. The van der Waals surface area contributed by atoms with Crippen LogP contribution in [0.1, 0.15) is 44.9 Å². The van der Waals surface area contributed by atoms with Crippen LogP contribution >= 0.6 is 15.9 Å². The predicted octanol–water partition coefficient (Wildman–Crippen LogP) is 2.41. The van der Waals surface area contributed by atoms with Crippen molar-refractivity contribution in [3.63, 3.8) is 0 Å².